The number of hydrogen-bond donors (Lipinski definition) is 0. The zero-order valence-electron chi connectivity index (χ0n) is 9.28. The van der Waals surface area contributed by atoms with Crippen LogP contribution in [0.5, 0.6) is 0 Å². The van der Waals surface area contributed by atoms with E-state index < -0.39 is 0 Å². The largest absolute Gasteiger partial charge is 0.335 e. The molecule has 0 aliphatic heterocycles. The van der Waals surface area contributed by atoms with Gasteiger partial charge in [0.05, 0.1) is 0 Å². The van der Waals surface area contributed by atoms with Crippen LogP contribution in [-0.2, 0) is 7.05 Å². The molecule has 0 atom stereocenters. The molecular formula is C13H14N2. The summed E-state index contributed by atoms with van der Waals surface area (Å²) in [7, 11) is 1.93. The van der Waals surface area contributed by atoms with Crippen LogP contribution in [0.2, 0.25) is 0 Å². The van der Waals surface area contributed by atoms with Crippen LogP contribution < -0.4 is 0 Å². The smallest absolute Gasteiger partial charge is 0.121 e. The molecule has 0 unspecified atom stereocenters. The lowest BCUT2D eigenvalue weighted by Crippen LogP contribution is -1.91. The highest BCUT2D eigenvalue weighted by molar-refractivity contribution is 5.83. The third-order valence-electron chi connectivity index (χ3n) is 2.85. The SMILES string of the molecule is CC(C)c1ccc2c(c1)cc(C#N)n2C. The van der Waals surface area contributed by atoms with Crippen LogP contribution in [0.1, 0.15) is 31.0 Å². The minimum atomic E-state index is 0.528. The molecule has 0 saturated heterocycles. The molecule has 2 nitrogen and oxygen atoms in total. The van der Waals surface area contributed by atoms with Crippen molar-refractivity contribution in [3.05, 3.63) is 35.5 Å². The molecule has 0 saturated carbocycles. The molecule has 2 rings (SSSR count). The molecular weight excluding hydrogens is 184 g/mol. The van der Waals surface area contributed by atoms with Gasteiger partial charge in [-0.3, -0.25) is 0 Å². The second-order valence-electron chi connectivity index (χ2n) is 4.17. The maximum Gasteiger partial charge on any atom is 0.121 e. The Hall–Kier alpha value is -1.75. The first kappa shape index (κ1) is 9.79. The number of aryl methyl sites for hydroxylation is 1. The first-order valence-corrected chi connectivity index (χ1v) is 5.13. The molecule has 0 N–H and O–H groups in total. The van der Waals surface area contributed by atoms with Crippen molar-refractivity contribution in [3.8, 4) is 6.07 Å². The predicted molar refractivity (Wildman–Crippen MR) is 61.7 cm³/mol. The zero-order valence-corrected chi connectivity index (χ0v) is 9.28. The standard InChI is InChI=1S/C13H14N2/c1-9(2)10-4-5-13-11(6-10)7-12(8-14)15(13)3/h4-7,9H,1-3H3. The van der Waals surface area contributed by atoms with Gasteiger partial charge in [0.25, 0.3) is 0 Å². The van der Waals surface area contributed by atoms with Crippen molar-refractivity contribution in [1.82, 2.24) is 4.57 Å². The van der Waals surface area contributed by atoms with E-state index in [0.717, 1.165) is 10.9 Å². The van der Waals surface area contributed by atoms with Crippen molar-refractivity contribution in [1.29, 1.82) is 5.26 Å². The Morgan fingerprint density at radius 3 is 2.60 bits per heavy atom. The fraction of sp³-hybridized carbons (Fsp3) is 0.308. The molecule has 76 valence electrons. The van der Waals surface area contributed by atoms with Gasteiger partial charge < -0.3 is 4.57 Å². The van der Waals surface area contributed by atoms with Gasteiger partial charge in [0, 0.05) is 18.0 Å². The van der Waals surface area contributed by atoms with Crippen molar-refractivity contribution in [2.24, 2.45) is 7.05 Å². The second kappa shape index (κ2) is 3.43. The minimum absolute atomic E-state index is 0.528. The fourth-order valence-electron chi connectivity index (χ4n) is 1.83. The molecule has 0 spiro atoms. The zero-order chi connectivity index (χ0) is 11.0. The van der Waals surface area contributed by atoms with Crippen LogP contribution in [-0.4, -0.2) is 4.57 Å². The highest BCUT2D eigenvalue weighted by atomic mass is 14.9. The van der Waals surface area contributed by atoms with Gasteiger partial charge in [0.2, 0.25) is 0 Å². The molecule has 0 aliphatic rings. The summed E-state index contributed by atoms with van der Waals surface area (Å²) < 4.78 is 1.93. The first-order chi connectivity index (χ1) is 7.13. The number of aromatic nitrogens is 1. The average molecular weight is 198 g/mol. The Morgan fingerprint density at radius 2 is 2.00 bits per heavy atom. The van der Waals surface area contributed by atoms with Gasteiger partial charge in [-0.2, -0.15) is 5.26 Å². The van der Waals surface area contributed by atoms with Crippen LogP contribution in [0.4, 0.5) is 0 Å². The summed E-state index contributed by atoms with van der Waals surface area (Å²) in [6.45, 7) is 4.35. The Morgan fingerprint density at radius 1 is 1.27 bits per heavy atom. The van der Waals surface area contributed by atoms with E-state index in [9.17, 15) is 0 Å². The first-order valence-electron chi connectivity index (χ1n) is 5.13. The summed E-state index contributed by atoms with van der Waals surface area (Å²) in [5.74, 6) is 0.528. The quantitative estimate of drug-likeness (QED) is 0.691. The van der Waals surface area contributed by atoms with Gasteiger partial charge in [-0.25, -0.2) is 0 Å². The summed E-state index contributed by atoms with van der Waals surface area (Å²) in [4.78, 5) is 0. The Bertz CT molecular complexity index is 541. The van der Waals surface area contributed by atoms with Gasteiger partial charge in [-0.1, -0.05) is 19.9 Å². The molecule has 15 heavy (non-hydrogen) atoms. The van der Waals surface area contributed by atoms with Crippen LogP contribution in [0.3, 0.4) is 0 Å². The van der Waals surface area contributed by atoms with E-state index in [-0.39, 0.29) is 0 Å². The highest BCUT2D eigenvalue weighted by Crippen LogP contribution is 2.23. The van der Waals surface area contributed by atoms with E-state index in [2.05, 4.69) is 38.1 Å². The lowest BCUT2D eigenvalue weighted by atomic mass is 10.0. The number of benzene rings is 1. The summed E-state index contributed by atoms with van der Waals surface area (Å²) in [5.41, 5.74) is 3.15. The lowest BCUT2D eigenvalue weighted by Gasteiger charge is -2.05. The molecule has 1 aromatic carbocycles. The van der Waals surface area contributed by atoms with Crippen molar-refractivity contribution < 1.29 is 0 Å². The van der Waals surface area contributed by atoms with Crippen LogP contribution >= 0.6 is 0 Å². The van der Waals surface area contributed by atoms with Gasteiger partial charge in [0.1, 0.15) is 11.8 Å². The summed E-state index contributed by atoms with van der Waals surface area (Å²) in [6.07, 6.45) is 0. The maximum absolute atomic E-state index is 8.93. The average Bonchev–Trinajstić information content (AvgIpc) is 2.55. The number of nitrogens with zero attached hydrogens (tertiary/aromatic N) is 2. The molecule has 2 heteroatoms. The normalized spacial score (nSPS) is 10.9. The molecule has 0 radical (unpaired) electrons. The molecule has 2 aromatic rings. The van der Waals surface area contributed by atoms with Crippen molar-refractivity contribution in [2.45, 2.75) is 19.8 Å². The van der Waals surface area contributed by atoms with Gasteiger partial charge in [-0.05, 0) is 29.7 Å². The number of nitriles is 1. The van der Waals surface area contributed by atoms with Gasteiger partial charge in [0.15, 0.2) is 0 Å². The molecule has 1 heterocycles. The van der Waals surface area contributed by atoms with E-state index in [1.807, 2.05) is 17.7 Å². The van der Waals surface area contributed by atoms with E-state index >= 15 is 0 Å². The van der Waals surface area contributed by atoms with E-state index in [1.165, 1.54) is 5.56 Å². The molecule has 0 bridgehead atoms. The molecule has 1 aromatic heterocycles. The van der Waals surface area contributed by atoms with Crippen LogP contribution in [0.15, 0.2) is 24.3 Å². The summed E-state index contributed by atoms with van der Waals surface area (Å²) >= 11 is 0. The van der Waals surface area contributed by atoms with E-state index in [0.29, 0.717) is 11.6 Å². The third kappa shape index (κ3) is 1.50. The molecule has 0 amide bonds. The highest BCUT2D eigenvalue weighted by Gasteiger charge is 2.06. The van der Waals surface area contributed by atoms with Crippen molar-refractivity contribution >= 4 is 10.9 Å². The van der Waals surface area contributed by atoms with E-state index in [4.69, 9.17) is 5.26 Å². The number of hydrogen-bond acceptors (Lipinski definition) is 1. The lowest BCUT2D eigenvalue weighted by molar-refractivity contribution is 0.868. The predicted octanol–water partition coefficient (Wildman–Crippen LogP) is 3.17. The Balaban J connectivity index is 2.69. The van der Waals surface area contributed by atoms with E-state index in [1.54, 1.807) is 0 Å². The van der Waals surface area contributed by atoms with Crippen LogP contribution in [0, 0.1) is 11.3 Å². The van der Waals surface area contributed by atoms with Gasteiger partial charge in [-0.15, -0.1) is 0 Å². The molecule has 0 aliphatic carbocycles. The van der Waals surface area contributed by atoms with Crippen molar-refractivity contribution in [3.63, 3.8) is 0 Å². The summed E-state index contributed by atoms with van der Waals surface area (Å²) in [6, 6.07) is 10.5. The van der Waals surface area contributed by atoms with Gasteiger partial charge >= 0.3 is 0 Å². The van der Waals surface area contributed by atoms with Crippen molar-refractivity contribution in [2.75, 3.05) is 0 Å². The topological polar surface area (TPSA) is 28.7 Å². The number of rotatable bonds is 1. The summed E-state index contributed by atoms with van der Waals surface area (Å²) in [5, 5.41) is 10.1. The Labute approximate surface area is 89.7 Å². The molecule has 0 fully saturated rings. The minimum Gasteiger partial charge on any atom is -0.335 e. The fourth-order valence-corrected chi connectivity index (χ4v) is 1.83. The maximum atomic E-state index is 8.93. The monoisotopic (exact) mass is 198 g/mol. The van der Waals surface area contributed by atoms with Crippen LogP contribution in [0.25, 0.3) is 10.9 Å². The third-order valence-corrected chi connectivity index (χ3v) is 2.85. The Kier molecular flexibility index (Phi) is 2.24. The number of fused-ring (bicyclic) bond motifs is 1. The second-order valence-corrected chi connectivity index (χ2v) is 4.17.